The summed E-state index contributed by atoms with van der Waals surface area (Å²) >= 11 is 0. The van der Waals surface area contributed by atoms with Crippen molar-refractivity contribution in [1.82, 2.24) is 5.32 Å². The minimum absolute atomic E-state index is 0.0410. The third-order valence-electron chi connectivity index (χ3n) is 3.25. The van der Waals surface area contributed by atoms with Crippen LogP contribution in [0.25, 0.3) is 0 Å². The maximum Gasteiger partial charge on any atom is 0.251 e. The molecule has 5 heteroatoms. The SMILES string of the molecule is CCNc1ccc(C(=O)NC2CCS(=O)CC2)cc1. The Kier molecular flexibility index (Phi) is 4.96. The fourth-order valence-electron chi connectivity index (χ4n) is 2.15. The summed E-state index contributed by atoms with van der Waals surface area (Å²) in [6.45, 7) is 2.90. The van der Waals surface area contributed by atoms with Crippen molar-refractivity contribution in [2.45, 2.75) is 25.8 Å². The molecule has 2 N–H and O–H groups in total. The van der Waals surface area contributed by atoms with Crippen molar-refractivity contribution in [3.8, 4) is 0 Å². The monoisotopic (exact) mass is 280 g/mol. The number of hydrogen-bond acceptors (Lipinski definition) is 3. The number of carbonyl (C=O) groups excluding carboxylic acids is 1. The Morgan fingerprint density at radius 3 is 2.47 bits per heavy atom. The van der Waals surface area contributed by atoms with Crippen molar-refractivity contribution in [2.24, 2.45) is 0 Å². The van der Waals surface area contributed by atoms with Gasteiger partial charge in [0.1, 0.15) is 0 Å². The first-order chi connectivity index (χ1) is 9.19. The molecule has 0 radical (unpaired) electrons. The molecule has 1 heterocycles. The van der Waals surface area contributed by atoms with Crippen molar-refractivity contribution < 1.29 is 9.00 Å². The second-order valence-electron chi connectivity index (χ2n) is 4.70. The highest BCUT2D eigenvalue weighted by Crippen LogP contribution is 2.12. The van der Waals surface area contributed by atoms with Crippen LogP contribution in [0.4, 0.5) is 5.69 Å². The molecule has 0 spiro atoms. The van der Waals surface area contributed by atoms with Crippen LogP contribution in [0.1, 0.15) is 30.1 Å². The van der Waals surface area contributed by atoms with Crippen molar-refractivity contribution in [3.63, 3.8) is 0 Å². The normalized spacial score (nSPS) is 22.8. The average molecular weight is 280 g/mol. The lowest BCUT2D eigenvalue weighted by molar-refractivity contribution is 0.0934. The van der Waals surface area contributed by atoms with Crippen LogP contribution in [0.15, 0.2) is 24.3 Å². The van der Waals surface area contributed by atoms with E-state index < -0.39 is 10.8 Å². The van der Waals surface area contributed by atoms with E-state index in [1.165, 1.54) is 0 Å². The number of hydrogen-bond donors (Lipinski definition) is 2. The van der Waals surface area contributed by atoms with Gasteiger partial charge in [0.2, 0.25) is 0 Å². The minimum atomic E-state index is -0.685. The zero-order chi connectivity index (χ0) is 13.7. The van der Waals surface area contributed by atoms with Gasteiger partial charge in [-0.2, -0.15) is 0 Å². The summed E-state index contributed by atoms with van der Waals surface area (Å²) < 4.78 is 11.3. The van der Waals surface area contributed by atoms with E-state index in [0.717, 1.165) is 25.1 Å². The fraction of sp³-hybridized carbons (Fsp3) is 0.500. The Morgan fingerprint density at radius 2 is 1.89 bits per heavy atom. The van der Waals surface area contributed by atoms with Gasteiger partial charge in [-0.25, -0.2) is 0 Å². The Hall–Kier alpha value is -1.36. The second kappa shape index (κ2) is 6.70. The quantitative estimate of drug-likeness (QED) is 0.883. The number of rotatable bonds is 4. The van der Waals surface area contributed by atoms with Gasteiger partial charge in [-0.05, 0) is 44.0 Å². The average Bonchev–Trinajstić information content (AvgIpc) is 2.42. The first-order valence-electron chi connectivity index (χ1n) is 6.69. The van der Waals surface area contributed by atoms with Gasteiger partial charge in [-0.15, -0.1) is 0 Å². The zero-order valence-electron chi connectivity index (χ0n) is 11.1. The highest BCUT2D eigenvalue weighted by atomic mass is 32.2. The van der Waals surface area contributed by atoms with Gasteiger partial charge in [0.05, 0.1) is 0 Å². The molecule has 0 aromatic heterocycles. The van der Waals surface area contributed by atoms with Crippen molar-refractivity contribution in [2.75, 3.05) is 23.4 Å². The number of amides is 1. The second-order valence-corrected chi connectivity index (χ2v) is 6.40. The summed E-state index contributed by atoms with van der Waals surface area (Å²) in [6, 6.07) is 7.64. The highest BCUT2D eigenvalue weighted by Gasteiger charge is 2.19. The van der Waals surface area contributed by atoms with Gasteiger partial charge in [-0.3, -0.25) is 9.00 Å². The molecule has 1 amide bonds. The molecule has 4 nitrogen and oxygen atoms in total. The van der Waals surface area contributed by atoms with Crippen LogP contribution in [0.3, 0.4) is 0 Å². The van der Waals surface area contributed by atoms with Crippen LogP contribution in [0, 0.1) is 0 Å². The van der Waals surface area contributed by atoms with Crippen molar-refractivity contribution in [1.29, 1.82) is 0 Å². The van der Waals surface area contributed by atoms with Crippen LogP contribution in [0.2, 0.25) is 0 Å². The van der Waals surface area contributed by atoms with Gasteiger partial charge < -0.3 is 10.6 Å². The van der Waals surface area contributed by atoms with E-state index in [-0.39, 0.29) is 11.9 Å². The molecule has 1 saturated heterocycles. The largest absolute Gasteiger partial charge is 0.385 e. The molecule has 0 aliphatic carbocycles. The van der Waals surface area contributed by atoms with Gasteiger partial charge in [0.25, 0.3) is 5.91 Å². The van der Waals surface area contributed by atoms with Crippen LogP contribution < -0.4 is 10.6 Å². The Balaban J connectivity index is 1.90. The lowest BCUT2D eigenvalue weighted by atomic mass is 10.1. The molecule has 0 atom stereocenters. The number of carbonyl (C=O) groups is 1. The van der Waals surface area contributed by atoms with Crippen LogP contribution in [0.5, 0.6) is 0 Å². The van der Waals surface area contributed by atoms with Crippen LogP contribution in [-0.4, -0.2) is 34.2 Å². The van der Waals surface area contributed by atoms with Gasteiger partial charge in [0.15, 0.2) is 0 Å². The lowest BCUT2D eigenvalue weighted by Gasteiger charge is -2.22. The van der Waals surface area contributed by atoms with Crippen molar-refractivity contribution >= 4 is 22.4 Å². The van der Waals surface area contributed by atoms with E-state index in [0.29, 0.717) is 17.1 Å². The molecule has 1 aromatic carbocycles. The zero-order valence-corrected chi connectivity index (χ0v) is 12.0. The molecular formula is C14H20N2O2S. The van der Waals surface area contributed by atoms with E-state index in [9.17, 15) is 9.00 Å². The third-order valence-corrected chi connectivity index (χ3v) is 4.63. The van der Waals surface area contributed by atoms with E-state index in [1.807, 2.05) is 31.2 Å². The molecule has 2 rings (SSSR count). The molecule has 104 valence electrons. The summed E-state index contributed by atoms with van der Waals surface area (Å²) in [7, 11) is -0.685. The predicted molar refractivity (Wildman–Crippen MR) is 79.0 cm³/mol. The standard InChI is InChI=1S/C14H20N2O2S/c1-2-15-12-5-3-11(4-6-12)14(17)16-13-7-9-19(18)10-8-13/h3-6,13,15H,2,7-10H2,1H3,(H,16,17). The van der Waals surface area contributed by atoms with E-state index in [2.05, 4.69) is 10.6 Å². The molecular weight excluding hydrogens is 260 g/mol. The Morgan fingerprint density at radius 1 is 1.26 bits per heavy atom. The molecule has 1 aliphatic rings. The maximum absolute atomic E-state index is 12.1. The lowest BCUT2D eigenvalue weighted by Crippen LogP contribution is -2.39. The number of nitrogens with one attached hydrogen (secondary N) is 2. The van der Waals surface area contributed by atoms with E-state index in [1.54, 1.807) is 0 Å². The molecule has 1 aromatic rings. The summed E-state index contributed by atoms with van der Waals surface area (Å²) in [4.78, 5) is 12.1. The Labute approximate surface area is 116 Å². The smallest absolute Gasteiger partial charge is 0.251 e. The van der Waals surface area contributed by atoms with Crippen LogP contribution in [-0.2, 0) is 10.8 Å². The molecule has 0 unspecified atom stereocenters. The van der Waals surface area contributed by atoms with E-state index >= 15 is 0 Å². The molecule has 1 aliphatic heterocycles. The summed E-state index contributed by atoms with van der Waals surface area (Å²) in [6.07, 6.45) is 1.63. The third kappa shape index (κ3) is 4.06. The van der Waals surface area contributed by atoms with Crippen LogP contribution >= 0.6 is 0 Å². The van der Waals surface area contributed by atoms with Gasteiger partial charge in [0, 0.05) is 46.1 Å². The van der Waals surface area contributed by atoms with Crippen molar-refractivity contribution in [3.05, 3.63) is 29.8 Å². The first-order valence-corrected chi connectivity index (χ1v) is 8.17. The number of benzene rings is 1. The highest BCUT2D eigenvalue weighted by molar-refractivity contribution is 7.85. The molecule has 19 heavy (non-hydrogen) atoms. The maximum atomic E-state index is 12.1. The van der Waals surface area contributed by atoms with E-state index in [4.69, 9.17) is 0 Å². The number of anilines is 1. The van der Waals surface area contributed by atoms with Gasteiger partial charge in [-0.1, -0.05) is 0 Å². The molecule has 0 bridgehead atoms. The van der Waals surface area contributed by atoms with Gasteiger partial charge >= 0.3 is 0 Å². The first kappa shape index (κ1) is 14.1. The fourth-order valence-corrected chi connectivity index (χ4v) is 3.45. The topological polar surface area (TPSA) is 58.2 Å². The predicted octanol–water partition coefficient (Wildman–Crippen LogP) is 1.76. The molecule has 1 fully saturated rings. The summed E-state index contributed by atoms with van der Waals surface area (Å²) in [5, 5.41) is 6.21. The summed E-state index contributed by atoms with van der Waals surface area (Å²) in [5.74, 6) is 1.36. The Bertz CT molecular complexity index is 449. The summed E-state index contributed by atoms with van der Waals surface area (Å²) in [5.41, 5.74) is 1.69. The molecule has 0 saturated carbocycles. The minimum Gasteiger partial charge on any atom is -0.385 e.